The number of halogens is 5. The fourth-order valence-electron chi connectivity index (χ4n) is 1.56. The van der Waals surface area contributed by atoms with Crippen LogP contribution in [-0.4, -0.2) is 16.3 Å². The van der Waals surface area contributed by atoms with E-state index in [-0.39, 0.29) is 13.1 Å². The third-order valence-electron chi connectivity index (χ3n) is 2.51. The van der Waals surface area contributed by atoms with Gasteiger partial charge in [-0.05, 0) is 0 Å². The van der Waals surface area contributed by atoms with E-state index in [1.165, 1.54) is 17.1 Å². The second kappa shape index (κ2) is 5.35. The summed E-state index contributed by atoms with van der Waals surface area (Å²) >= 11 is 0. The number of anilines is 2. The summed E-state index contributed by atoms with van der Waals surface area (Å²) in [5.74, 6) is -9.97. The quantitative estimate of drug-likeness (QED) is 0.516. The molecule has 1 aromatic heterocycles. The number of rotatable bonds is 4. The summed E-state index contributed by atoms with van der Waals surface area (Å²) < 4.78 is 66.6. The molecule has 9 heteroatoms. The molecule has 0 radical (unpaired) electrons. The van der Waals surface area contributed by atoms with Crippen molar-refractivity contribution >= 4 is 11.4 Å². The van der Waals surface area contributed by atoms with Gasteiger partial charge in [0, 0.05) is 12.7 Å². The van der Waals surface area contributed by atoms with Crippen LogP contribution in [0, 0.1) is 29.1 Å². The van der Waals surface area contributed by atoms with Gasteiger partial charge >= 0.3 is 0 Å². The van der Waals surface area contributed by atoms with Crippen LogP contribution in [0.25, 0.3) is 0 Å². The van der Waals surface area contributed by atoms with Crippen LogP contribution in [0.3, 0.4) is 0 Å². The molecule has 1 heterocycles. The highest BCUT2D eigenvalue weighted by atomic mass is 19.2. The fourth-order valence-corrected chi connectivity index (χ4v) is 1.56. The Hall–Kier alpha value is -2.32. The van der Waals surface area contributed by atoms with Crippen LogP contribution in [-0.2, 0) is 6.54 Å². The molecule has 0 atom stereocenters. The number of nitrogens with one attached hydrogen (secondary N) is 1. The summed E-state index contributed by atoms with van der Waals surface area (Å²) in [7, 11) is 0. The van der Waals surface area contributed by atoms with Crippen molar-refractivity contribution in [3.63, 3.8) is 0 Å². The van der Waals surface area contributed by atoms with Gasteiger partial charge in [0.25, 0.3) is 0 Å². The molecular weight excluding hydrogens is 283 g/mol. The predicted molar refractivity (Wildman–Crippen MR) is 61.4 cm³/mol. The highest BCUT2D eigenvalue weighted by Crippen LogP contribution is 2.26. The van der Waals surface area contributed by atoms with Gasteiger partial charge in [0.1, 0.15) is 5.69 Å². The second-order valence-corrected chi connectivity index (χ2v) is 3.91. The summed E-state index contributed by atoms with van der Waals surface area (Å²) in [5.41, 5.74) is 4.72. The van der Waals surface area contributed by atoms with Gasteiger partial charge in [-0.25, -0.2) is 22.0 Å². The zero-order valence-electron chi connectivity index (χ0n) is 9.93. The van der Waals surface area contributed by atoms with E-state index in [0.717, 1.165) is 0 Å². The van der Waals surface area contributed by atoms with E-state index in [4.69, 9.17) is 5.73 Å². The lowest BCUT2D eigenvalue weighted by Crippen LogP contribution is -2.15. The van der Waals surface area contributed by atoms with Gasteiger partial charge < -0.3 is 11.1 Å². The summed E-state index contributed by atoms with van der Waals surface area (Å²) in [4.78, 5) is 0. The SMILES string of the molecule is Nc1cnn(CCNc2c(F)c(F)c(F)c(F)c2F)c1. The van der Waals surface area contributed by atoms with Gasteiger partial charge in [0.15, 0.2) is 23.3 Å². The van der Waals surface area contributed by atoms with Crippen LogP contribution in [0.15, 0.2) is 12.4 Å². The molecule has 20 heavy (non-hydrogen) atoms. The van der Waals surface area contributed by atoms with Crippen molar-refractivity contribution in [2.45, 2.75) is 6.54 Å². The Balaban J connectivity index is 2.13. The lowest BCUT2D eigenvalue weighted by molar-refractivity contribution is 0.381. The van der Waals surface area contributed by atoms with Crippen LogP contribution < -0.4 is 11.1 Å². The van der Waals surface area contributed by atoms with Crippen LogP contribution in [0.2, 0.25) is 0 Å². The summed E-state index contributed by atoms with van der Waals surface area (Å²) in [6, 6.07) is 0. The maximum Gasteiger partial charge on any atom is 0.200 e. The molecule has 108 valence electrons. The number of nitrogen functional groups attached to an aromatic ring is 1. The van der Waals surface area contributed by atoms with Crippen LogP contribution in [0.4, 0.5) is 33.3 Å². The number of hydrogen-bond acceptors (Lipinski definition) is 3. The zero-order chi connectivity index (χ0) is 14.9. The molecule has 0 bridgehead atoms. The topological polar surface area (TPSA) is 55.9 Å². The van der Waals surface area contributed by atoms with Crippen molar-refractivity contribution in [1.29, 1.82) is 0 Å². The lowest BCUT2D eigenvalue weighted by Gasteiger charge is -2.10. The molecule has 0 amide bonds. The van der Waals surface area contributed by atoms with E-state index in [9.17, 15) is 22.0 Å². The van der Waals surface area contributed by atoms with E-state index in [2.05, 4.69) is 10.4 Å². The standard InChI is InChI=1S/C11H9F5N4/c12-6-7(13)9(15)11(10(16)8(6)14)18-1-2-20-4-5(17)3-19-20/h3-4,18H,1-2,17H2. The molecule has 0 saturated carbocycles. The first-order valence-corrected chi connectivity index (χ1v) is 5.45. The van der Waals surface area contributed by atoms with Gasteiger partial charge in [-0.1, -0.05) is 0 Å². The average Bonchev–Trinajstić information content (AvgIpc) is 2.84. The number of hydrogen-bond donors (Lipinski definition) is 2. The van der Waals surface area contributed by atoms with Gasteiger partial charge in [0.05, 0.1) is 18.4 Å². The van der Waals surface area contributed by atoms with Gasteiger partial charge in [-0.2, -0.15) is 5.10 Å². The second-order valence-electron chi connectivity index (χ2n) is 3.91. The Morgan fingerprint density at radius 2 is 1.55 bits per heavy atom. The normalized spacial score (nSPS) is 10.8. The Morgan fingerprint density at radius 1 is 1.00 bits per heavy atom. The Morgan fingerprint density at radius 3 is 2.05 bits per heavy atom. The number of nitrogens with zero attached hydrogens (tertiary/aromatic N) is 2. The highest BCUT2D eigenvalue weighted by molar-refractivity contribution is 5.47. The molecule has 2 aromatic rings. The molecule has 0 aliphatic carbocycles. The first-order chi connectivity index (χ1) is 9.41. The fraction of sp³-hybridized carbons (Fsp3) is 0.182. The Bertz CT molecular complexity index is 611. The molecule has 0 spiro atoms. The van der Waals surface area contributed by atoms with E-state index < -0.39 is 34.8 Å². The minimum Gasteiger partial charge on any atom is -0.396 e. The lowest BCUT2D eigenvalue weighted by atomic mass is 10.2. The van der Waals surface area contributed by atoms with E-state index in [1.807, 2.05) is 0 Å². The van der Waals surface area contributed by atoms with Gasteiger partial charge in [-0.15, -0.1) is 0 Å². The third kappa shape index (κ3) is 2.51. The molecule has 2 rings (SSSR count). The number of benzene rings is 1. The molecule has 0 fully saturated rings. The first-order valence-electron chi connectivity index (χ1n) is 5.45. The first kappa shape index (κ1) is 14.1. The average molecular weight is 292 g/mol. The number of nitrogens with two attached hydrogens (primary N) is 1. The van der Waals surface area contributed by atoms with E-state index >= 15 is 0 Å². The summed E-state index contributed by atoms with van der Waals surface area (Å²) in [6.45, 7) is 0.0379. The summed E-state index contributed by atoms with van der Waals surface area (Å²) in [5, 5.41) is 5.95. The molecule has 3 N–H and O–H groups in total. The highest BCUT2D eigenvalue weighted by Gasteiger charge is 2.25. The zero-order valence-corrected chi connectivity index (χ0v) is 9.93. The molecule has 0 saturated heterocycles. The van der Waals surface area contributed by atoms with Crippen molar-refractivity contribution in [2.24, 2.45) is 0 Å². The van der Waals surface area contributed by atoms with Crippen molar-refractivity contribution in [3.05, 3.63) is 41.5 Å². The van der Waals surface area contributed by atoms with Crippen LogP contribution in [0.1, 0.15) is 0 Å². The van der Waals surface area contributed by atoms with E-state index in [0.29, 0.717) is 5.69 Å². The van der Waals surface area contributed by atoms with E-state index in [1.54, 1.807) is 0 Å². The maximum absolute atomic E-state index is 13.3. The van der Waals surface area contributed by atoms with Crippen molar-refractivity contribution in [1.82, 2.24) is 9.78 Å². The van der Waals surface area contributed by atoms with Crippen LogP contribution >= 0.6 is 0 Å². The molecular formula is C11H9F5N4. The predicted octanol–water partition coefficient (Wildman–Crippen LogP) is 2.27. The minimum absolute atomic E-state index is 0.0977. The monoisotopic (exact) mass is 292 g/mol. The Kier molecular flexibility index (Phi) is 3.77. The van der Waals surface area contributed by atoms with Crippen LogP contribution in [0.5, 0.6) is 0 Å². The van der Waals surface area contributed by atoms with Gasteiger partial charge in [0.2, 0.25) is 5.82 Å². The minimum atomic E-state index is -2.19. The van der Waals surface area contributed by atoms with Crippen molar-refractivity contribution in [3.8, 4) is 0 Å². The molecule has 4 nitrogen and oxygen atoms in total. The molecule has 1 aromatic carbocycles. The third-order valence-corrected chi connectivity index (χ3v) is 2.51. The van der Waals surface area contributed by atoms with Crippen molar-refractivity contribution < 1.29 is 22.0 Å². The van der Waals surface area contributed by atoms with Crippen molar-refractivity contribution in [2.75, 3.05) is 17.6 Å². The molecule has 0 aliphatic heterocycles. The Labute approximate surface area is 110 Å². The molecule has 0 aliphatic rings. The summed E-state index contributed by atoms with van der Waals surface area (Å²) in [6.07, 6.45) is 2.82. The van der Waals surface area contributed by atoms with Gasteiger partial charge in [-0.3, -0.25) is 4.68 Å². The largest absolute Gasteiger partial charge is 0.396 e. The molecule has 0 unspecified atom stereocenters. The maximum atomic E-state index is 13.3. The number of aromatic nitrogens is 2. The smallest absolute Gasteiger partial charge is 0.200 e.